The molecule has 0 bridgehead atoms. The predicted octanol–water partition coefficient (Wildman–Crippen LogP) is 2.97. The van der Waals surface area contributed by atoms with Crippen LogP contribution in [0.4, 0.5) is 0 Å². The number of imidazole rings is 1. The molecule has 0 saturated heterocycles. The molecular formula is C17H18N4O2. The largest absolute Gasteiger partial charge is 0.351 e. The van der Waals surface area contributed by atoms with E-state index in [0.29, 0.717) is 5.69 Å². The van der Waals surface area contributed by atoms with Gasteiger partial charge in [0.2, 0.25) is 5.76 Å². The first-order chi connectivity index (χ1) is 11.0. The second-order valence-electron chi connectivity index (χ2n) is 5.46. The Kier molecular flexibility index (Phi) is 3.97. The molecule has 0 radical (unpaired) electrons. The van der Waals surface area contributed by atoms with E-state index in [1.165, 1.54) is 0 Å². The normalized spacial score (nSPS) is 12.1. The third-order valence-corrected chi connectivity index (χ3v) is 3.70. The van der Waals surface area contributed by atoms with Crippen LogP contribution in [0.3, 0.4) is 0 Å². The number of nitrogens with one attached hydrogen (secondary N) is 1. The maximum absolute atomic E-state index is 12.1. The molecule has 1 aromatic carbocycles. The highest BCUT2D eigenvalue weighted by molar-refractivity contribution is 5.91. The Hall–Kier alpha value is -2.89. The van der Waals surface area contributed by atoms with Gasteiger partial charge >= 0.3 is 0 Å². The molecule has 1 unspecified atom stereocenters. The molecule has 6 nitrogen and oxygen atoms in total. The van der Waals surface area contributed by atoms with E-state index >= 15 is 0 Å². The number of hydrogen-bond donors (Lipinski definition) is 1. The molecule has 118 valence electrons. The predicted molar refractivity (Wildman–Crippen MR) is 85.4 cm³/mol. The second-order valence-corrected chi connectivity index (χ2v) is 5.46. The third kappa shape index (κ3) is 3.15. The summed E-state index contributed by atoms with van der Waals surface area (Å²) in [4.78, 5) is 16.3. The molecule has 2 heterocycles. The van der Waals surface area contributed by atoms with Gasteiger partial charge in [-0.15, -0.1) is 0 Å². The van der Waals surface area contributed by atoms with Gasteiger partial charge in [-0.2, -0.15) is 0 Å². The fraction of sp³-hybridized carbons (Fsp3) is 0.235. The van der Waals surface area contributed by atoms with Gasteiger partial charge in [0.05, 0.1) is 11.7 Å². The number of carbonyl (C=O) groups is 1. The van der Waals surface area contributed by atoms with Crippen molar-refractivity contribution in [3.63, 3.8) is 0 Å². The van der Waals surface area contributed by atoms with Crippen molar-refractivity contribution in [3.8, 4) is 5.69 Å². The number of hydrogen-bond acceptors (Lipinski definition) is 4. The molecule has 1 atom stereocenters. The maximum atomic E-state index is 12.1. The van der Waals surface area contributed by atoms with Gasteiger partial charge in [-0.1, -0.05) is 17.3 Å². The fourth-order valence-corrected chi connectivity index (χ4v) is 2.40. The SMILES string of the molecule is Cc1cc(C(=O)NC(C)c2ccc(-n3ccnc3C)cc2)on1. The molecule has 3 aromatic rings. The fourth-order valence-electron chi connectivity index (χ4n) is 2.40. The Morgan fingerprint density at radius 1 is 1.26 bits per heavy atom. The molecule has 0 spiro atoms. The van der Waals surface area contributed by atoms with Crippen molar-refractivity contribution in [2.75, 3.05) is 0 Å². The van der Waals surface area contributed by atoms with Gasteiger partial charge in [0.25, 0.3) is 5.91 Å². The Labute approximate surface area is 134 Å². The Morgan fingerprint density at radius 2 is 2.00 bits per heavy atom. The van der Waals surface area contributed by atoms with Crippen LogP contribution < -0.4 is 5.32 Å². The minimum Gasteiger partial charge on any atom is -0.351 e. The van der Waals surface area contributed by atoms with Crippen molar-refractivity contribution >= 4 is 5.91 Å². The van der Waals surface area contributed by atoms with Crippen LogP contribution in [0.25, 0.3) is 5.69 Å². The monoisotopic (exact) mass is 310 g/mol. The van der Waals surface area contributed by atoms with Crippen molar-refractivity contribution in [2.24, 2.45) is 0 Å². The molecule has 1 N–H and O–H groups in total. The van der Waals surface area contributed by atoms with Crippen LogP contribution in [0.2, 0.25) is 0 Å². The van der Waals surface area contributed by atoms with Gasteiger partial charge in [-0.25, -0.2) is 4.98 Å². The number of amides is 1. The lowest BCUT2D eigenvalue weighted by Crippen LogP contribution is -2.26. The number of benzene rings is 1. The van der Waals surface area contributed by atoms with Crippen LogP contribution in [-0.4, -0.2) is 20.6 Å². The van der Waals surface area contributed by atoms with Gasteiger partial charge in [0.15, 0.2) is 0 Å². The molecule has 6 heteroatoms. The van der Waals surface area contributed by atoms with E-state index < -0.39 is 0 Å². The Morgan fingerprint density at radius 3 is 2.57 bits per heavy atom. The maximum Gasteiger partial charge on any atom is 0.290 e. The summed E-state index contributed by atoms with van der Waals surface area (Å²) in [5.74, 6) is 0.882. The van der Waals surface area contributed by atoms with Gasteiger partial charge in [-0.05, 0) is 38.5 Å². The molecule has 3 rings (SSSR count). The van der Waals surface area contributed by atoms with Crippen molar-refractivity contribution in [3.05, 3.63) is 65.6 Å². The Balaban J connectivity index is 1.72. The van der Waals surface area contributed by atoms with E-state index in [4.69, 9.17) is 4.52 Å². The van der Waals surface area contributed by atoms with Crippen molar-refractivity contribution < 1.29 is 9.32 Å². The number of nitrogens with zero attached hydrogens (tertiary/aromatic N) is 3. The number of aromatic nitrogens is 3. The van der Waals surface area contributed by atoms with Crippen LogP contribution in [0.1, 0.15) is 40.6 Å². The summed E-state index contributed by atoms with van der Waals surface area (Å²) in [6.45, 7) is 5.66. The van der Waals surface area contributed by atoms with Crippen molar-refractivity contribution in [1.29, 1.82) is 0 Å². The minimum absolute atomic E-state index is 0.133. The van der Waals surface area contributed by atoms with Crippen LogP contribution in [-0.2, 0) is 0 Å². The molecular weight excluding hydrogens is 292 g/mol. The van der Waals surface area contributed by atoms with Gasteiger partial charge in [-0.3, -0.25) is 4.79 Å². The highest BCUT2D eigenvalue weighted by Gasteiger charge is 2.15. The van der Waals surface area contributed by atoms with Crippen LogP contribution in [0.5, 0.6) is 0 Å². The topological polar surface area (TPSA) is 73.0 Å². The summed E-state index contributed by atoms with van der Waals surface area (Å²) < 4.78 is 6.98. The third-order valence-electron chi connectivity index (χ3n) is 3.70. The first kappa shape index (κ1) is 15.0. The lowest BCUT2D eigenvalue weighted by Gasteiger charge is -2.14. The molecule has 0 fully saturated rings. The summed E-state index contributed by atoms with van der Waals surface area (Å²) in [5, 5.41) is 6.62. The summed E-state index contributed by atoms with van der Waals surface area (Å²) >= 11 is 0. The van der Waals surface area contributed by atoms with E-state index in [2.05, 4.69) is 15.5 Å². The van der Waals surface area contributed by atoms with Crippen LogP contribution in [0.15, 0.2) is 47.2 Å². The lowest BCUT2D eigenvalue weighted by molar-refractivity contribution is 0.0902. The van der Waals surface area contributed by atoms with Crippen LogP contribution in [0, 0.1) is 13.8 Å². The Bertz CT molecular complexity index is 817. The van der Waals surface area contributed by atoms with Gasteiger partial charge in [0.1, 0.15) is 5.82 Å². The lowest BCUT2D eigenvalue weighted by atomic mass is 10.1. The molecule has 0 aliphatic rings. The van der Waals surface area contributed by atoms with Crippen molar-refractivity contribution in [2.45, 2.75) is 26.8 Å². The molecule has 2 aromatic heterocycles. The number of rotatable bonds is 4. The van der Waals surface area contributed by atoms with Crippen LogP contribution >= 0.6 is 0 Å². The average molecular weight is 310 g/mol. The van der Waals surface area contributed by atoms with Gasteiger partial charge in [0, 0.05) is 24.1 Å². The molecule has 0 saturated carbocycles. The van der Waals surface area contributed by atoms with Crippen molar-refractivity contribution in [1.82, 2.24) is 20.0 Å². The van der Waals surface area contributed by atoms with E-state index in [0.717, 1.165) is 17.1 Å². The molecule has 1 amide bonds. The van der Waals surface area contributed by atoms with Gasteiger partial charge < -0.3 is 14.4 Å². The van der Waals surface area contributed by atoms with E-state index in [-0.39, 0.29) is 17.7 Å². The molecule has 0 aliphatic heterocycles. The zero-order chi connectivity index (χ0) is 16.4. The summed E-state index contributed by atoms with van der Waals surface area (Å²) in [5.41, 5.74) is 2.73. The summed E-state index contributed by atoms with van der Waals surface area (Å²) in [6, 6.07) is 9.48. The van der Waals surface area contributed by atoms with E-state index in [1.807, 2.05) is 48.9 Å². The second kappa shape index (κ2) is 6.08. The van der Waals surface area contributed by atoms with E-state index in [1.54, 1.807) is 19.2 Å². The minimum atomic E-state index is -0.271. The average Bonchev–Trinajstić information content (AvgIpc) is 3.16. The standard InChI is InChI=1S/C17H18N4O2/c1-11-10-16(23-20-11)17(22)19-12(2)14-4-6-15(7-5-14)21-9-8-18-13(21)3/h4-10,12H,1-3H3,(H,19,22). The first-order valence-electron chi connectivity index (χ1n) is 7.39. The zero-order valence-corrected chi connectivity index (χ0v) is 13.3. The summed E-state index contributed by atoms with van der Waals surface area (Å²) in [7, 11) is 0. The number of aryl methyl sites for hydroxylation is 2. The zero-order valence-electron chi connectivity index (χ0n) is 13.3. The highest BCUT2D eigenvalue weighted by atomic mass is 16.5. The molecule has 0 aliphatic carbocycles. The first-order valence-corrected chi connectivity index (χ1v) is 7.39. The molecule has 23 heavy (non-hydrogen) atoms. The quantitative estimate of drug-likeness (QED) is 0.804. The smallest absolute Gasteiger partial charge is 0.290 e. The van der Waals surface area contributed by atoms with E-state index in [9.17, 15) is 4.79 Å². The highest BCUT2D eigenvalue weighted by Crippen LogP contribution is 2.17. The summed E-state index contributed by atoms with van der Waals surface area (Å²) in [6.07, 6.45) is 3.69. The number of carbonyl (C=O) groups excluding carboxylic acids is 1.